The molecule has 0 atom stereocenters. The van der Waals surface area contributed by atoms with Crippen LogP contribution in [0.2, 0.25) is 0 Å². The highest BCUT2D eigenvalue weighted by molar-refractivity contribution is 5.45. The Balaban J connectivity index is 1.95. The van der Waals surface area contributed by atoms with Crippen molar-refractivity contribution in [2.45, 2.75) is 32.5 Å². The second-order valence-electron chi connectivity index (χ2n) is 4.63. The van der Waals surface area contributed by atoms with Crippen molar-refractivity contribution < 1.29 is 9.47 Å². The third kappa shape index (κ3) is 3.03. The van der Waals surface area contributed by atoms with Gasteiger partial charge in [-0.25, -0.2) is 0 Å². The fraction of sp³-hybridized carbons (Fsp3) is 0.600. The molecule has 1 fully saturated rings. The van der Waals surface area contributed by atoms with Gasteiger partial charge >= 0.3 is 0 Å². The topological polar surface area (TPSA) is 21.7 Å². The Kier molecular flexibility index (Phi) is 4.61. The molecule has 0 N–H and O–H groups in total. The molecule has 2 rings (SSSR count). The second-order valence-corrected chi connectivity index (χ2v) is 4.63. The predicted octanol–water partition coefficient (Wildman–Crippen LogP) is 3.06. The van der Waals surface area contributed by atoms with Crippen molar-refractivity contribution in [3.63, 3.8) is 0 Å². The van der Waals surface area contributed by atoms with Crippen LogP contribution in [0.1, 0.15) is 26.7 Å². The molecule has 0 aliphatic carbocycles. The van der Waals surface area contributed by atoms with Crippen LogP contribution < -0.4 is 4.90 Å². The van der Waals surface area contributed by atoms with Crippen molar-refractivity contribution in [3.05, 3.63) is 30.3 Å². The summed E-state index contributed by atoms with van der Waals surface area (Å²) in [5, 5.41) is 0. The molecule has 0 aromatic heterocycles. The van der Waals surface area contributed by atoms with Gasteiger partial charge in [0.2, 0.25) is 0 Å². The van der Waals surface area contributed by atoms with E-state index in [-0.39, 0.29) is 5.79 Å². The largest absolute Gasteiger partial charge is 0.372 e. The molecule has 18 heavy (non-hydrogen) atoms. The molecule has 0 bridgehead atoms. The Morgan fingerprint density at radius 1 is 1.11 bits per heavy atom. The summed E-state index contributed by atoms with van der Waals surface area (Å²) in [7, 11) is 0. The minimum atomic E-state index is -0.345. The van der Waals surface area contributed by atoms with Crippen molar-refractivity contribution >= 4 is 5.69 Å². The molecule has 1 saturated heterocycles. The van der Waals surface area contributed by atoms with Crippen molar-refractivity contribution in [2.24, 2.45) is 0 Å². The van der Waals surface area contributed by atoms with Crippen molar-refractivity contribution in [2.75, 3.05) is 31.2 Å². The van der Waals surface area contributed by atoms with Gasteiger partial charge in [0, 0.05) is 25.2 Å². The third-order valence-corrected chi connectivity index (χ3v) is 3.62. The zero-order valence-corrected chi connectivity index (χ0v) is 11.4. The van der Waals surface area contributed by atoms with Crippen LogP contribution in [0.3, 0.4) is 0 Å². The zero-order valence-electron chi connectivity index (χ0n) is 11.4. The van der Waals surface area contributed by atoms with Crippen LogP contribution >= 0.6 is 0 Å². The number of anilines is 1. The van der Waals surface area contributed by atoms with E-state index >= 15 is 0 Å². The Morgan fingerprint density at radius 3 is 2.33 bits per heavy atom. The van der Waals surface area contributed by atoms with Crippen LogP contribution in [0.5, 0.6) is 0 Å². The summed E-state index contributed by atoms with van der Waals surface area (Å²) in [6.07, 6.45) is 1.84. The first kappa shape index (κ1) is 13.4. The molecule has 100 valence electrons. The van der Waals surface area contributed by atoms with Gasteiger partial charge in [0.1, 0.15) is 0 Å². The summed E-state index contributed by atoms with van der Waals surface area (Å²) in [6, 6.07) is 10.5. The number of ether oxygens (including phenoxy) is 2. The van der Waals surface area contributed by atoms with E-state index in [0.29, 0.717) is 0 Å². The van der Waals surface area contributed by atoms with E-state index in [1.165, 1.54) is 5.69 Å². The molecule has 0 saturated carbocycles. The van der Waals surface area contributed by atoms with Crippen LogP contribution in [0.25, 0.3) is 0 Å². The van der Waals surface area contributed by atoms with E-state index in [4.69, 9.17) is 9.47 Å². The number of hydrogen-bond acceptors (Lipinski definition) is 3. The molecule has 0 amide bonds. The summed E-state index contributed by atoms with van der Waals surface area (Å²) < 4.78 is 11.5. The molecule has 1 heterocycles. The van der Waals surface area contributed by atoms with Crippen molar-refractivity contribution in [1.29, 1.82) is 0 Å². The van der Waals surface area contributed by atoms with Crippen LogP contribution in [0.15, 0.2) is 30.3 Å². The number of nitrogens with zero attached hydrogens (tertiary/aromatic N) is 1. The maximum atomic E-state index is 5.77. The summed E-state index contributed by atoms with van der Waals surface area (Å²) in [4.78, 5) is 2.36. The highest BCUT2D eigenvalue weighted by Crippen LogP contribution is 2.28. The SMILES string of the molecule is CCN(CCC1(CC)OCCO1)c1ccccc1. The lowest BCUT2D eigenvalue weighted by molar-refractivity contribution is -0.161. The van der Waals surface area contributed by atoms with Gasteiger partial charge in [0.15, 0.2) is 5.79 Å². The lowest BCUT2D eigenvalue weighted by atomic mass is 10.1. The molecular weight excluding hydrogens is 226 g/mol. The first-order chi connectivity index (χ1) is 8.79. The van der Waals surface area contributed by atoms with Crippen LogP contribution in [-0.4, -0.2) is 32.1 Å². The molecule has 1 aromatic carbocycles. The molecule has 3 heteroatoms. The summed E-state index contributed by atoms with van der Waals surface area (Å²) in [5.41, 5.74) is 1.27. The van der Waals surface area contributed by atoms with Crippen molar-refractivity contribution in [1.82, 2.24) is 0 Å². The quantitative estimate of drug-likeness (QED) is 0.773. The second kappa shape index (κ2) is 6.21. The van der Waals surface area contributed by atoms with Gasteiger partial charge in [-0.05, 0) is 25.5 Å². The molecule has 1 aromatic rings. The molecule has 1 aliphatic heterocycles. The van der Waals surface area contributed by atoms with Gasteiger partial charge in [0.05, 0.1) is 13.2 Å². The van der Waals surface area contributed by atoms with Crippen LogP contribution in [0.4, 0.5) is 5.69 Å². The smallest absolute Gasteiger partial charge is 0.169 e. The van der Waals surface area contributed by atoms with E-state index < -0.39 is 0 Å². The van der Waals surface area contributed by atoms with Crippen LogP contribution in [0, 0.1) is 0 Å². The minimum Gasteiger partial charge on any atom is -0.372 e. The molecule has 1 aliphatic rings. The van der Waals surface area contributed by atoms with E-state index in [2.05, 4.69) is 43.0 Å². The van der Waals surface area contributed by atoms with Gasteiger partial charge < -0.3 is 14.4 Å². The normalized spacial score (nSPS) is 17.9. The zero-order chi connectivity index (χ0) is 12.8. The van der Waals surface area contributed by atoms with Gasteiger partial charge in [-0.15, -0.1) is 0 Å². The van der Waals surface area contributed by atoms with Gasteiger partial charge in [-0.1, -0.05) is 25.1 Å². The number of hydrogen-bond donors (Lipinski definition) is 0. The molecule has 0 spiro atoms. The summed E-state index contributed by atoms with van der Waals surface area (Å²) in [5.74, 6) is -0.345. The average molecular weight is 249 g/mol. The fourth-order valence-corrected chi connectivity index (χ4v) is 2.44. The lowest BCUT2D eigenvalue weighted by Crippen LogP contribution is -2.35. The maximum absolute atomic E-state index is 5.77. The Morgan fingerprint density at radius 2 is 1.78 bits per heavy atom. The number of rotatable bonds is 6. The van der Waals surface area contributed by atoms with Gasteiger partial charge in [-0.2, -0.15) is 0 Å². The highest BCUT2D eigenvalue weighted by atomic mass is 16.7. The van der Waals surface area contributed by atoms with E-state index in [1.54, 1.807) is 0 Å². The van der Waals surface area contributed by atoms with E-state index in [1.807, 2.05) is 6.07 Å². The monoisotopic (exact) mass is 249 g/mol. The Hall–Kier alpha value is -1.06. The number of para-hydroxylation sites is 1. The molecule has 3 nitrogen and oxygen atoms in total. The van der Waals surface area contributed by atoms with Gasteiger partial charge in [0.25, 0.3) is 0 Å². The third-order valence-electron chi connectivity index (χ3n) is 3.62. The standard InChI is InChI=1S/C15H23NO2/c1-3-15(17-12-13-18-15)10-11-16(4-2)14-8-6-5-7-9-14/h5-9H,3-4,10-13H2,1-2H3. The average Bonchev–Trinajstić information content (AvgIpc) is 2.90. The Labute approximate surface area is 110 Å². The predicted molar refractivity (Wildman–Crippen MR) is 73.9 cm³/mol. The van der Waals surface area contributed by atoms with Crippen LogP contribution in [-0.2, 0) is 9.47 Å². The molecule has 0 unspecified atom stereocenters. The number of benzene rings is 1. The fourth-order valence-electron chi connectivity index (χ4n) is 2.44. The lowest BCUT2D eigenvalue weighted by Gasteiger charge is -2.30. The first-order valence-electron chi connectivity index (χ1n) is 6.87. The summed E-state index contributed by atoms with van der Waals surface area (Å²) >= 11 is 0. The van der Waals surface area contributed by atoms with E-state index in [9.17, 15) is 0 Å². The van der Waals surface area contributed by atoms with Gasteiger partial charge in [-0.3, -0.25) is 0 Å². The maximum Gasteiger partial charge on any atom is 0.169 e. The Bertz CT molecular complexity index is 347. The molecule has 0 radical (unpaired) electrons. The highest BCUT2D eigenvalue weighted by Gasteiger charge is 2.34. The van der Waals surface area contributed by atoms with E-state index in [0.717, 1.165) is 39.1 Å². The summed E-state index contributed by atoms with van der Waals surface area (Å²) in [6.45, 7) is 7.74. The molecular formula is C15H23NO2. The van der Waals surface area contributed by atoms with Crippen molar-refractivity contribution in [3.8, 4) is 0 Å². The first-order valence-corrected chi connectivity index (χ1v) is 6.87. The minimum absolute atomic E-state index is 0.345.